The van der Waals surface area contributed by atoms with E-state index in [-0.39, 0.29) is 17.9 Å². The average molecular weight is 517 g/mol. The summed E-state index contributed by atoms with van der Waals surface area (Å²) < 4.78 is 6.10. The fourth-order valence-corrected chi connectivity index (χ4v) is 4.35. The third kappa shape index (κ3) is 4.56. The van der Waals surface area contributed by atoms with Crippen LogP contribution in [0.3, 0.4) is 0 Å². The van der Waals surface area contributed by atoms with E-state index in [2.05, 4.69) is 5.32 Å². The summed E-state index contributed by atoms with van der Waals surface area (Å²) in [6.45, 7) is 0.182. The van der Waals surface area contributed by atoms with Crippen LogP contribution in [-0.2, 0) is 16.2 Å². The highest BCUT2D eigenvalue weighted by atomic mass is 35.5. The van der Waals surface area contributed by atoms with Crippen molar-refractivity contribution in [1.29, 1.82) is 0 Å². The van der Waals surface area contributed by atoms with Crippen LogP contribution in [0, 0.1) is 0 Å². The molecule has 0 spiro atoms. The molecule has 178 valence electrons. The van der Waals surface area contributed by atoms with Crippen LogP contribution in [0.15, 0.2) is 90.5 Å². The van der Waals surface area contributed by atoms with Crippen molar-refractivity contribution < 1.29 is 19.1 Å². The highest BCUT2D eigenvalue weighted by molar-refractivity contribution is 6.39. The van der Waals surface area contributed by atoms with Gasteiger partial charge in [-0.2, -0.15) is 0 Å². The zero-order valence-electron chi connectivity index (χ0n) is 18.7. The highest BCUT2D eigenvalue weighted by Crippen LogP contribution is 2.33. The highest BCUT2D eigenvalue weighted by Gasteiger charge is 2.37. The molecule has 1 heterocycles. The monoisotopic (exact) mass is 516 g/mol. The smallest absolute Gasteiger partial charge is 0.335 e. The molecule has 1 saturated heterocycles. The molecule has 0 unspecified atom stereocenters. The first-order valence-electron chi connectivity index (χ1n) is 11.0. The number of halogens is 2. The molecule has 36 heavy (non-hydrogen) atoms. The Balaban J connectivity index is 1.59. The molecule has 4 aromatic rings. The number of nitrogens with one attached hydrogen (secondary N) is 1. The number of nitrogens with zero attached hydrogens (tertiary/aromatic N) is 1. The Labute approximate surface area is 216 Å². The van der Waals surface area contributed by atoms with Gasteiger partial charge >= 0.3 is 6.03 Å². The fraction of sp³-hybridized carbons (Fsp3) is 0.0357. The molecule has 4 amide bonds. The first-order chi connectivity index (χ1) is 17.4. The Kier molecular flexibility index (Phi) is 6.46. The van der Waals surface area contributed by atoms with E-state index in [1.54, 1.807) is 30.3 Å². The number of amides is 4. The van der Waals surface area contributed by atoms with Gasteiger partial charge in [-0.15, -0.1) is 0 Å². The van der Waals surface area contributed by atoms with Crippen LogP contribution < -0.4 is 15.0 Å². The number of imide groups is 2. The summed E-state index contributed by atoms with van der Waals surface area (Å²) >= 11 is 12.3. The van der Waals surface area contributed by atoms with Gasteiger partial charge in [-0.25, -0.2) is 9.69 Å². The number of hydrogen-bond donors (Lipinski definition) is 1. The Morgan fingerprint density at radius 3 is 2.44 bits per heavy atom. The summed E-state index contributed by atoms with van der Waals surface area (Å²) in [7, 11) is 0. The van der Waals surface area contributed by atoms with Crippen molar-refractivity contribution >= 4 is 63.6 Å². The predicted molar refractivity (Wildman–Crippen MR) is 140 cm³/mol. The van der Waals surface area contributed by atoms with Gasteiger partial charge in [0, 0.05) is 21.2 Å². The van der Waals surface area contributed by atoms with Crippen molar-refractivity contribution in [3.8, 4) is 5.75 Å². The zero-order valence-corrected chi connectivity index (χ0v) is 20.2. The molecule has 0 radical (unpaired) electrons. The second-order valence-corrected chi connectivity index (χ2v) is 8.86. The van der Waals surface area contributed by atoms with Gasteiger partial charge in [0.2, 0.25) is 0 Å². The van der Waals surface area contributed by atoms with Gasteiger partial charge in [0.1, 0.15) is 17.9 Å². The largest absolute Gasteiger partial charge is 0.488 e. The molecule has 8 heteroatoms. The number of hydrogen-bond acceptors (Lipinski definition) is 4. The van der Waals surface area contributed by atoms with Crippen LogP contribution in [0.5, 0.6) is 5.75 Å². The number of ether oxygens (including phenoxy) is 1. The summed E-state index contributed by atoms with van der Waals surface area (Å²) in [6, 6.07) is 23.9. The van der Waals surface area contributed by atoms with Crippen LogP contribution >= 0.6 is 23.2 Å². The maximum atomic E-state index is 13.4. The number of fused-ring (bicyclic) bond motifs is 1. The third-order valence-corrected chi connectivity index (χ3v) is 6.33. The SMILES string of the molecule is O=C1NC(=O)N(c2cccc(Cl)c2)C(=O)/C1=C/c1c(OCc2ccccc2Cl)ccc2ccccc12. The standard InChI is InChI=1S/C28H18Cl2N2O4/c29-19-8-5-9-20(14-19)32-27(34)23(26(33)31-28(32)35)15-22-21-10-3-1-6-17(21)12-13-25(22)36-16-18-7-2-4-11-24(18)30/h1-15H,16H2,(H,31,33,35)/b23-15+. The van der Waals surface area contributed by atoms with Crippen LogP contribution in [0.2, 0.25) is 10.0 Å². The van der Waals surface area contributed by atoms with Crippen LogP contribution in [-0.4, -0.2) is 17.8 Å². The average Bonchev–Trinajstić information content (AvgIpc) is 2.86. The summed E-state index contributed by atoms with van der Waals surface area (Å²) in [4.78, 5) is 39.7. The van der Waals surface area contributed by atoms with E-state index in [1.165, 1.54) is 12.1 Å². The number of carbonyl (C=O) groups excluding carboxylic acids is 3. The van der Waals surface area contributed by atoms with Gasteiger partial charge in [-0.3, -0.25) is 14.9 Å². The van der Waals surface area contributed by atoms with Gasteiger partial charge in [0.25, 0.3) is 11.8 Å². The van der Waals surface area contributed by atoms with Crippen molar-refractivity contribution in [3.63, 3.8) is 0 Å². The van der Waals surface area contributed by atoms with Crippen LogP contribution in [0.1, 0.15) is 11.1 Å². The molecule has 1 aliphatic rings. The summed E-state index contributed by atoms with van der Waals surface area (Å²) in [6.07, 6.45) is 1.45. The molecule has 0 atom stereocenters. The summed E-state index contributed by atoms with van der Waals surface area (Å²) in [5, 5.41) is 4.81. The van der Waals surface area contributed by atoms with E-state index >= 15 is 0 Å². The first kappa shape index (κ1) is 23.6. The molecule has 6 nitrogen and oxygen atoms in total. The molecule has 0 aromatic heterocycles. The summed E-state index contributed by atoms with van der Waals surface area (Å²) in [5.74, 6) is -1.11. The lowest BCUT2D eigenvalue weighted by atomic mass is 9.99. The van der Waals surface area contributed by atoms with E-state index in [4.69, 9.17) is 27.9 Å². The second-order valence-electron chi connectivity index (χ2n) is 8.02. The number of barbiturate groups is 1. The quantitative estimate of drug-likeness (QED) is 0.246. The molecule has 1 N–H and O–H groups in total. The van der Waals surface area contributed by atoms with E-state index in [0.29, 0.717) is 21.4 Å². The van der Waals surface area contributed by atoms with E-state index in [9.17, 15) is 14.4 Å². The number of benzene rings is 4. The third-order valence-electron chi connectivity index (χ3n) is 5.73. The van der Waals surface area contributed by atoms with Gasteiger partial charge in [-0.05, 0) is 47.2 Å². The molecule has 0 bridgehead atoms. The molecular weight excluding hydrogens is 499 g/mol. The minimum atomic E-state index is -0.850. The van der Waals surface area contributed by atoms with Crippen molar-refractivity contribution in [3.05, 3.63) is 112 Å². The first-order valence-corrected chi connectivity index (χ1v) is 11.7. The number of anilines is 1. The maximum Gasteiger partial charge on any atom is 0.335 e. The van der Waals surface area contributed by atoms with Crippen LogP contribution in [0.4, 0.5) is 10.5 Å². The second kappa shape index (κ2) is 9.85. The predicted octanol–water partition coefficient (Wildman–Crippen LogP) is 6.39. The lowest BCUT2D eigenvalue weighted by molar-refractivity contribution is -0.122. The Bertz CT molecular complexity index is 1560. The molecule has 0 aliphatic carbocycles. The normalized spacial score (nSPS) is 14.9. The van der Waals surface area contributed by atoms with Crippen LogP contribution in [0.25, 0.3) is 16.8 Å². The van der Waals surface area contributed by atoms with Crippen molar-refractivity contribution in [2.75, 3.05) is 4.90 Å². The fourth-order valence-electron chi connectivity index (χ4n) is 3.97. The Morgan fingerprint density at radius 1 is 0.861 bits per heavy atom. The topological polar surface area (TPSA) is 75.7 Å². The minimum absolute atomic E-state index is 0.182. The van der Waals surface area contributed by atoms with E-state index < -0.39 is 17.8 Å². The van der Waals surface area contributed by atoms with Gasteiger partial charge in [-0.1, -0.05) is 77.8 Å². The molecule has 1 fully saturated rings. The Hall–Kier alpha value is -4.13. The molecule has 5 rings (SSSR count). The molecule has 4 aromatic carbocycles. The molecule has 1 aliphatic heterocycles. The summed E-state index contributed by atoms with van der Waals surface area (Å²) in [5.41, 5.74) is 1.35. The minimum Gasteiger partial charge on any atom is -0.488 e. The maximum absolute atomic E-state index is 13.4. The number of carbonyl (C=O) groups is 3. The van der Waals surface area contributed by atoms with Crippen molar-refractivity contribution in [2.24, 2.45) is 0 Å². The van der Waals surface area contributed by atoms with E-state index in [0.717, 1.165) is 21.2 Å². The van der Waals surface area contributed by atoms with Crippen molar-refractivity contribution in [1.82, 2.24) is 5.32 Å². The number of rotatable bonds is 5. The lowest BCUT2D eigenvalue weighted by Gasteiger charge is -2.26. The molecule has 0 saturated carbocycles. The zero-order chi connectivity index (χ0) is 25.2. The van der Waals surface area contributed by atoms with E-state index in [1.807, 2.05) is 48.5 Å². The number of urea groups is 1. The lowest BCUT2D eigenvalue weighted by Crippen LogP contribution is -2.54. The molecular formula is C28H18Cl2N2O4. The Morgan fingerprint density at radius 2 is 1.64 bits per heavy atom. The van der Waals surface area contributed by atoms with Gasteiger partial charge in [0.05, 0.1) is 5.69 Å². The van der Waals surface area contributed by atoms with Crippen molar-refractivity contribution in [2.45, 2.75) is 6.61 Å². The van der Waals surface area contributed by atoms with Gasteiger partial charge in [0.15, 0.2) is 0 Å². The van der Waals surface area contributed by atoms with Gasteiger partial charge < -0.3 is 4.74 Å².